The molecule has 152 valence electrons. The SMILES string of the molecule is CCOc1ccc([C@@H](C)NC(=S)Nc2ccc(OC(C)C)cc2)cc1OCC. The fourth-order valence-corrected chi connectivity index (χ4v) is 2.97. The van der Waals surface area contributed by atoms with Gasteiger partial charge in [0, 0.05) is 5.69 Å². The predicted molar refractivity (Wildman–Crippen MR) is 119 cm³/mol. The second-order valence-corrected chi connectivity index (χ2v) is 6.99. The van der Waals surface area contributed by atoms with E-state index in [1.807, 2.05) is 70.2 Å². The third-order valence-corrected chi connectivity index (χ3v) is 4.12. The van der Waals surface area contributed by atoms with Crippen LogP contribution in [0.4, 0.5) is 5.69 Å². The van der Waals surface area contributed by atoms with E-state index < -0.39 is 0 Å². The van der Waals surface area contributed by atoms with E-state index in [0.29, 0.717) is 18.3 Å². The van der Waals surface area contributed by atoms with Crippen molar-refractivity contribution >= 4 is 23.0 Å². The predicted octanol–water partition coefficient (Wildman–Crippen LogP) is 5.32. The van der Waals surface area contributed by atoms with E-state index in [9.17, 15) is 0 Å². The van der Waals surface area contributed by atoms with Gasteiger partial charge in [-0.3, -0.25) is 0 Å². The molecule has 2 aromatic rings. The first kappa shape index (κ1) is 21.8. The van der Waals surface area contributed by atoms with Gasteiger partial charge in [0.25, 0.3) is 0 Å². The molecule has 2 rings (SSSR count). The van der Waals surface area contributed by atoms with Gasteiger partial charge in [-0.15, -0.1) is 0 Å². The average molecular weight is 403 g/mol. The minimum absolute atomic E-state index is 0.0124. The Balaban J connectivity index is 1.98. The van der Waals surface area contributed by atoms with Crippen LogP contribution in [0.2, 0.25) is 0 Å². The summed E-state index contributed by atoms with van der Waals surface area (Å²) in [6.07, 6.45) is 0.151. The molecule has 0 bridgehead atoms. The monoisotopic (exact) mass is 402 g/mol. The van der Waals surface area contributed by atoms with Crippen LogP contribution in [0, 0.1) is 0 Å². The van der Waals surface area contributed by atoms with Crippen LogP contribution in [-0.4, -0.2) is 24.4 Å². The van der Waals surface area contributed by atoms with Gasteiger partial charge in [-0.05, 0) is 88.8 Å². The van der Waals surface area contributed by atoms with E-state index in [2.05, 4.69) is 17.6 Å². The Morgan fingerprint density at radius 1 is 0.929 bits per heavy atom. The molecule has 28 heavy (non-hydrogen) atoms. The molecule has 1 atom stereocenters. The molecule has 0 aromatic heterocycles. The third-order valence-electron chi connectivity index (χ3n) is 3.90. The molecule has 0 saturated carbocycles. The number of benzene rings is 2. The maximum Gasteiger partial charge on any atom is 0.171 e. The molecule has 0 spiro atoms. The molecule has 0 aliphatic carbocycles. The lowest BCUT2D eigenvalue weighted by atomic mass is 10.1. The second kappa shape index (κ2) is 10.8. The van der Waals surface area contributed by atoms with E-state index in [0.717, 1.165) is 28.5 Å². The van der Waals surface area contributed by atoms with Gasteiger partial charge in [0.1, 0.15) is 5.75 Å². The van der Waals surface area contributed by atoms with Crippen molar-refractivity contribution in [1.82, 2.24) is 5.32 Å². The molecule has 0 radical (unpaired) electrons. The Morgan fingerprint density at radius 2 is 1.57 bits per heavy atom. The molecule has 0 saturated heterocycles. The minimum atomic E-state index is 0.0124. The van der Waals surface area contributed by atoms with Crippen LogP contribution >= 0.6 is 12.2 Å². The summed E-state index contributed by atoms with van der Waals surface area (Å²) >= 11 is 5.46. The maximum absolute atomic E-state index is 5.71. The number of hydrogen-bond donors (Lipinski definition) is 2. The lowest BCUT2D eigenvalue weighted by Gasteiger charge is -2.19. The zero-order chi connectivity index (χ0) is 20.5. The Bertz CT molecular complexity index is 763. The van der Waals surface area contributed by atoms with Gasteiger partial charge in [-0.25, -0.2) is 0 Å². The van der Waals surface area contributed by atoms with Crippen LogP contribution in [0.5, 0.6) is 17.2 Å². The van der Waals surface area contributed by atoms with E-state index in [4.69, 9.17) is 26.4 Å². The van der Waals surface area contributed by atoms with Gasteiger partial charge >= 0.3 is 0 Å². The van der Waals surface area contributed by atoms with Crippen molar-refractivity contribution < 1.29 is 14.2 Å². The first-order valence-electron chi connectivity index (χ1n) is 9.66. The quantitative estimate of drug-likeness (QED) is 0.554. The Labute approximate surface area is 173 Å². The van der Waals surface area contributed by atoms with Crippen LogP contribution in [-0.2, 0) is 0 Å². The van der Waals surface area contributed by atoms with Crippen LogP contribution in [0.3, 0.4) is 0 Å². The number of nitrogens with one attached hydrogen (secondary N) is 2. The summed E-state index contributed by atoms with van der Waals surface area (Å²) in [5.74, 6) is 2.34. The van der Waals surface area contributed by atoms with Crippen molar-refractivity contribution in [3.8, 4) is 17.2 Å². The molecule has 0 fully saturated rings. The third kappa shape index (κ3) is 6.60. The number of ether oxygens (including phenoxy) is 3. The molecule has 0 aliphatic rings. The van der Waals surface area contributed by atoms with E-state index >= 15 is 0 Å². The van der Waals surface area contributed by atoms with E-state index in [1.54, 1.807) is 0 Å². The highest BCUT2D eigenvalue weighted by atomic mass is 32.1. The molecule has 0 aliphatic heterocycles. The molecule has 6 heteroatoms. The lowest BCUT2D eigenvalue weighted by molar-refractivity contribution is 0.242. The summed E-state index contributed by atoms with van der Waals surface area (Å²) in [4.78, 5) is 0. The second-order valence-electron chi connectivity index (χ2n) is 6.58. The summed E-state index contributed by atoms with van der Waals surface area (Å²) in [5, 5.41) is 7.06. The number of rotatable bonds is 9. The van der Waals surface area contributed by atoms with Crippen molar-refractivity contribution in [3.05, 3.63) is 48.0 Å². The first-order valence-corrected chi connectivity index (χ1v) is 10.1. The van der Waals surface area contributed by atoms with E-state index in [-0.39, 0.29) is 12.1 Å². The van der Waals surface area contributed by atoms with Gasteiger partial charge in [-0.2, -0.15) is 0 Å². The molecule has 2 aromatic carbocycles. The molecule has 0 heterocycles. The largest absolute Gasteiger partial charge is 0.491 e. The van der Waals surface area contributed by atoms with Gasteiger partial charge in [0.05, 0.1) is 25.4 Å². The van der Waals surface area contributed by atoms with Crippen molar-refractivity contribution in [1.29, 1.82) is 0 Å². The van der Waals surface area contributed by atoms with Crippen LogP contribution < -0.4 is 24.8 Å². The van der Waals surface area contributed by atoms with Crippen molar-refractivity contribution in [3.63, 3.8) is 0 Å². The highest BCUT2D eigenvalue weighted by Gasteiger charge is 2.12. The van der Waals surface area contributed by atoms with E-state index in [1.165, 1.54) is 0 Å². The number of hydrogen-bond acceptors (Lipinski definition) is 4. The zero-order valence-corrected chi connectivity index (χ0v) is 18.1. The van der Waals surface area contributed by atoms with Crippen LogP contribution in [0.25, 0.3) is 0 Å². The van der Waals surface area contributed by atoms with Crippen LogP contribution in [0.1, 0.15) is 46.2 Å². The summed E-state index contributed by atoms with van der Waals surface area (Å²) in [6, 6.07) is 13.7. The number of anilines is 1. The van der Waals surface area contributed by atoms with Gasteiger partial charge in [-0.1, -0.05) is 6.07 Å². The Hall–Kier alpha value is -2.47. The Morgan fingerprint density at radius 3 is 2.18 bits per heavy atom. The molecule has 5 nitrogen and oxygen atoms in total. The average Bonchev–Trinajstić information content (AvgIpc) is 2.64. The highest BCUT2D eigenvalue weighted by Crippen LogP contribution is 2.30. The topological polar surface area (TPSA) is 51.8 Å². The molecule has 0 unspecified atom stereocenters. The fraction of sp³-hybridized carbons (Fsp3) is 0.409. The molecular formula is C22H30N2O3S. The van der Waals surface area contributed by atoms with Gasteiger partial charge < -0.3 is 24.8 Å². The van der Waals surface area contributed by atoms with Gasteiger partial charge in [0.2, 0.25) is 0 Å². The molecular weight excluding hydrogens is 372 g/mol. The zero-order valence-electron chi connectivity index (χ0n) is 17.2. The van der Waals surface area contributed by atoms with Gasteiger partial charge in [0.15, 0.2) is 16.6 Å². The molecule has 0 amide bonds. The minimum Gasteiger partial charge on any atom is -0.491 e. The highest BCUT2D eigenvalue weighted by molar-refractivity contribution is 7.80. The normalized spacial score (nSPS) is 11.6. The smallest absolute Gasteiger partial charge is 0.171 e. The van der Waals surface area contributed by atoms with Crippen molar-refractivity contribution in [2.45, 2.75) is 46.8 Å². The van der Waals surface area contributed by atoms with Crippen LogP contribution in [0.15, 0.2) is 42.5 Å². The fourth-order valence-electron chi connectivity index (χ4n) is 2.67. The van der Waals surface area contributed by atoms with Crippen molar-refractivity contribution in [2.24, 2.45) is 0 Å². The summed E-state index contributed by atoms with van der Waals surface area (Å²) in [6.45, 7) is 11.2. The standard InChI is InChI=1S/C22H30N2O3S/c1-6-25-20-13-8-17(14-21(20)26-7-2)16(5)23-22(28)24-18-9-11-19(12-10-18)27-15(3)4/h8-16H,6-7H2,1-5H3,(H2,23,24,28)/t16-/m1/s1. The Kier molecular flexibility index (Phi) is 8.39. The maximum atomic E-state index is 5.71. The number of thiocarbonyl (C=S) groups is 1. The van der Waals surface area contributed by atoms with Crippen molar-refractivity contribution in [2.75, 3.05) is 18.5 Å². The summed E-state index contributed by atoms with van der Waals surface area (Å²) < 4.78 is 17.0. The summed E-state index contributed by atoms with van der Waals surface area (Å²) in [7, 11) is 0. The summed E-state index contributed by atoms with van der Waals surface area (Å²) in [5.41, 5.74) is 1.97. The first-order chi connectivity index (χ1) is 13.4. The lowest BCUT2D eigenvalue weighted by Crippen LogP contribution is -2.30. The molecule has 2 N–H and O–H groups in total.